The molecule has 2 aromatic rings. The zero-order valence-electron chi connectivity index (χ0n) is 19.1. The maximum atomic E-state index is 13.2. The van der Waals surface area contributed by atoms with Gasteiger partial charge in [-0.1, -0.05) is 18.2 Å². The molecule has 182 valence electrons. The maximum Gasteiger partial charge on any atom is 0.252 e. The molecule has 2 fully saturated rings. The first-order valence-electron chi connectivity index (χ1n) is 11.0. The summed E-state index contributed by atoms with van der Waals surface area (Å²) in [7, 11) is -7.06. The monoisotopic (exact) mass is 513 g/mol. The number of hydrogen-bond acceptors (Lipinski definition) is 7. The van der Waals surface area contributed by atoms with E-state index in [1.165, 1.54) is 26.2 Å². The molecule has 1 aliphatic carbocycles. The Morgan fingerprint density at radius 1 is 1.09 bits per heavy atom. The van der Waals surface area contributed by atoms with Gasteiger partial charge in [-0.15, -0.1) is 11.3 Å². The van der Waals surface area contributed by atoms with Gasteiger partial charge in [-0.05, 0) is 55.8 Å². The van der Waals surface area contributed by atoms with Crippen molar-refractivity contribution in [2.75, 3.05) is 37.3 Å². The Morgan fingerprint density at radius 2 is 1.76 bits per heavy atom. The van der Waals surface area contributed by atoms with Gasteiger partial charge in [-0.2, -0.15) is 8.61 Å². The zero-order valence-corrected chi connectivity index (χ0v) is 21.5. The summed E-state index contributed by atoms with van der Waals surface area (Å²) in [6, 6.07) is 10.5. The second kappa shape index (κ2) is 8.94. The quantitative estimate of drug-likeness (QED) is 0.582. The van der Waals surface area contributed by atoms with Crippen LogP contribution in [-0.2, 0) is 25.6 Å². The molecule has 1 N–H and O–H groups in total. The van der Waals surface area contributed by atoms with Gasteiger partial charge in [0.05, 0.1) is 17.9 Å². The third-order valence-electron chi connectivity index (χ3n) is 6.21. The van der Waals surface area contributed by atoms with Crippen molar-refractivity contribution < 1.29 is 21.9 Å². The number of sulfonamides is 2. The predicted molar refractivity (Wildman–Crippen MR) is 130 cm³/mol. The van der Waals surface area contributed by atoms with Crippen molar-refractivity contribution in [3.63, 3.8) is 0 Å². The normalized spacial score (nSPS) is 21.0. The number of nitrogens with zero attached hydrogens (tertiary/aromatic N) is 3. The highest BCUT2D eigenvalue weighted by atomic mass is 32.2. The number of thiophene rings is 1. The average Bonchev–Trinajstić information content (AvgIpc) is 3.41. The highest BCUT2D eigenvalue weighted by Gasteiger charge is 2.41. The summed E-state index contributed by atoms with van der Waals surface area (Å²) < 4.78 is 54.7. The molecule has 0 amide bonds. The van der Waals surface area contributed by atoms with Gasteiger partial charge in [-0.3, -0.25) is 0 Å². The Labute approximate surface area is 200 Å². The summed E-state index contributed by atoms with van der Waals surface area (Å²) in [6.45, 7) is 4.63. The maximum absolute atomic E-state index is 13.2. The lowest BCUT2D eigenvalue weighted by Crippen LogP contribution is -2.59. The van der Waals surface area contributed by atoms with E-state index in [0.29, 0.717) is 17.3 Å². The number of rotatable bonds is 8. The van der Waals surface area contributed by atoms with Gasteiger partial charge in [0.2, 0.25) is 10.0 Å². The molecule has 2 heterocycles. The summed E-state index contributed by atoms with van der Waals surface area (Å²) in [6.07, 6.45) is 2.88. The molecule has 0 unspecified atom stereocenters. The molecule has 1 saturated heterocycles. The first kappa shape index (κ1) is 24.6. The molecule has 0 bridgehead atoms. The Hall–Kier alpha value is -1.50. The van der Waals surface area contributed by atoms with Crippen molar-refractivity contribution in [2.45, 2.75) is 48.6 Å². The first-order chi connectivity index (χ1) is 15.4. The molecule has 0 radical (unpaired) electrons. The van der Waals surface area contributed by atoms with E-state index in [9.17, 15) is 21.9 Å². The molecular formula is C22H31N3O5S3. The van der Waals surface area contributed by atoms with Gasteiger partial charge in [0.1, 0.15) is 4.21 Å². The van der Waals surface area contributed by atoms with E-state index < -0.39 is 25.6 Å². The van der Waals surface area contributed by atoms with Crippen LogP contribution < -0.4 is 4.90 Å². The standard InChI is InChI=1S/C22H31N3O5S3/c1-22(2,26)17-6-8-18(9-7-17)24-13-12-23(33(29,30)21-5-4-14-31-21)15-20(24)16-25(19-10-11-19)32(3,27)28/h4-9,14,19-20,26H,10-13,15-16H2,1-3H3/t20-/m1/s1. The molecule has 1 aromatic carbocycles. The van der Waals surface area contributed by atoms with Gasteiger partial charge in [0.25, 0.3) is 10.0 Å². The van der Waals surface area contributed by atoms with E-state index in [1.54, 1.807) is 31.4 Å². The van der Waals surface area contributed by atoms with E-state index in [1.807, 2.05) is 24.3 Å². The van der Waals surface area contributed by atoms with Crippen LogP contribution in [0.4, 0.5) is 5.69 Å². The molecule has 8 nitrogen and oxygen atoms in total. The van der Waals surface area contributed by atoms with Crippen molar-refractivity contribution in [1.29, 1.82) is 0 Å². The van der Waals surface area contributed by atoms with Gasteiger partial charge in [0.15, 0.2) is 0 Å². The highest BCUT2D eigenvalue weighted by Crippen LogP contribution is 2.33. The van der Waals surface area contributed by atoms with Crippen LogP contribution in [0.2, 0.25) is 0 Å². The van der Waals surface area contributed by atoms with Crippen LogP contribution >= 0.6 is 11.3 Å². The van der Waals surface area contributed by atoms with E-state index in [4.69, 9.17) is 0 Å². The lowest BCUT2D eigenvalue weighted by atomic mass is 9.98. The first-order valence-corrected chi connectivity index (χ1v) is 15.1. The largest absolute Gasteiger partial charge is 0.386 e. The molecule has 11 heteroatoms. The van der Waals surface area contributed by atoms with Crippen molar-refractivity contribution >= 4 is 37.1 Å². The smallest absolute Gasteiger partial charge is 0.252 e. The van der Waals surface area contributed by atoms with E-state index in [2.05, 4.69) is 4.90 Å². The zero-order chi connectivity index (χ0) is 24.0. The van der Waals surface area contributed by atoms with Crippen LogP contribution in [0.15, 0.2) is 46.0 Å². The number of anilines is 1. The minimum Gasteiger partial charge on any atom is -0.386 e. The number of benzene rings is 1. The average molecular weight is 514 g/mol. The lowest BCUT2D eigenvalue weighted by Gasteiger charge is -2.43. The molecule has 4 rings (SSSR count). The van der Waals surface area contributed by atoms with Gasteiger partial charge in [0, 0.05) is 37.9 Å². The second-order valence-corrected chi connectivity index (χ2v) is 14.4. The van der Waals surface area contributed by atoms with Gasteiger partial charge < -0.3 is 10.0 Å². The van der Waals surface area contributed by atoms with Gasteiger partial charge in [-0.25, -0.2) is 16.8 Å². The second-order valence-electron chi connectivity index (χ2n) is 9.31. The number of aliphatic hydroxyl groups is 1. The summed E-state index contributed by atoms with van der Waals surface area (Å²) in [5, 5.41) is 12.0. The fourth-order valence-electron chi connectivity index (χ4n) is 4.27. The van der Waals surface area contributed by atoms with Crippen LogP contribution in [0.25, 0.3) is 0 Å². The molecular weight excluding hydrogens is 482 g/mol. The van der Waals surface area contributed by atoms with Crippen LogP contribution in [-0.4, -0.2) is 75.1 Å². The highest BCUT2D eigenvalue weighted by molar-refractivity contribution is 7.91. The fraction of sp³-hybridized carbons (Fsp3) is 0.545. The third kappa shape index (κ3) is 5.44. The van der Waals surface area contributed by atoms with E-state index in [0.717, 1.165) is 24.1 Å². The van der Waals surface area contributed by atoms with Crippen LogP contribution in [0.1, 0.15) is 32.3 Å². The summed E-state index contributed by atoms with van der Waals surface area (Å²) in [5.41, 5.74) is 0.688. The third-order valence-corrected chi connectivity index (χ3v) is 10.7. The van der Waals surface area contributed by atoms with Crippen LogP contribution in [0.5, 0.6) is 0 Å². The Morgan fingerprint density at radius 3 is 2.27 bits per heavy atom. The summed E-state index contributed by atoms with van der Waals surface area (Å²) in [4.78, 5) is 2.09. The molecule has 2 aliphatic rings. The Bertz CT molecular complexity index is 1170. The SMILES string of the molecule is CC(C)(O)c1ccc(N2CCN(S(=O)(=O)c3cccs3)C[C@@H]2CN(C2CC2)S(C)(=O)=O)cc1. The topological polar surface area (TPSA) is 98.2 Å². The molecule has 1 aliphatic heterocycles. The molecule has 1 saturated carbocycles. The minimum absolute atomic E-state index is 0.0105. The molecule has 1 aromatic heterocycles. The van der Waals surface area contributed by atoms with Gasteiger partial charge >= 0.3 is 0 Å². The minimum atomic E-state index is -3.64. The molecule has 0 spiro atoms. The lowest BCUT2D eigenvalue weighted by molar-refractivity contribution is 0.0786. The predicted octanol–water partition coefficient (Wildman–Crippen LogP) is 2.28. The van der Waals surface area contributed by atoms with Crippen molar-refractivity contribution in [1.82, 2.24) is 8.61 Å². The Balaban J connectivity index is 1.64. The van der Waals surface area contributed by atoms with Crippen LogP contribution in [0, 0.1) is 0 Å². The number of piperazine rings is 1. The molecule has 33 heavy (non-hydrogen) atoms. The van der Waals surface area contributed by atoms with Crippen molar-refractivity contribution in [2.24, 2.45) is 0 Å². The van der Waals surface area contributed by atoms with E-state index >= 15 is 0 Å². The number of hydrogen-bond donors (Lipinski definition) is 1. The molecule has 1 atom stereocenters. The van der Waals surface area contributed by atoms with Crippen LogP contribution in [0.3, 0.4) is 0 Å². The fourth-order valence-corrected chi connectivity index (χ4v) is 8.07. The summed E-state index contributed by atoms with van der Waals surface area (Å²) >= 11 is 1.19. The summed E-state index contributed by atoms with van der Waals surface area (Å²) in [5.74, 6) is 0. The van der Waals surface area contributed by atoms with Crippen molar-refractivity contribution in [3.8, 4) is 0 Å². The van der Waals surface area contributed by atoms with E-state index in [-0.39, 0.29) is 25.2 Å². The van der Waals surface area contributed by atoms with Crippen molar-refractivity contribution in [3.05, 3.63) is 47.3 Å². The Kier molecular flexibility index (Phi) is 6.67.